The van der Waals surface area contributed by atoms with Gasteiger partial charge < -0.3 is 28.6 Å². The number of nitrogens with zero attached hydrogens (tertiary/aromatic N) is 1. The van der Waals surface area contributed by atoms with Gasteiger partial charge in [-0.05, 0) is 57.8 Å². The number of rotatable bonds is 30. The zero-order valence-electron chi connectivity index (χ0n) is 30.6. The van der Waals surface area contributed by atoms with Gasteiger partial charge in [0, 0.05) is 19.3 Å². The number of unbranched alkanes of at least 4 members (excludes halogenated alkanes) is 6. The van der Waals surface area contributed by atoms with Crippen molar-refractivity contribution < 1.29 is 38.2 Å². The van der Waals surface area contributed by atoms with Crippen LogP contribution in [0.25, 0.3) is 0 Å². The van der Waals surface area contributed by atoms with Gasteiger partial charge in [0.2, 0.25) is 0 Å². The number of carbonyl (C=O) groups excluding carboxylic acids is 3. The second-order valence-electron chi connectivity index (χ2n) is 12.8. The van der Waals surface area contributed by atoms with E-state index in [4.69, 9.17) is 14.2 Å². The number of quaternary nitrogens is 1. The van der Waals surface area contributed by atoms with E-state index in [0.717, 1.165) is 70.6 Å². The van der Waals surface area contributed by atoms with Gasteiger partial charge in [-0.3, -0.25) is 9.59 Å². The Bertz CT molecular complexity index is 1020. The number of carboxylic acids is 1. The molecule has 0 bridgehead atoms. The fourth-order valence-corrected chi connectivity index (χ4v) is 4.62. The minimum atomic E-state index is -1.14. The van der Waals surface area contributed by atoms with E-state index < -0.39 is 18.1 Å². The Balaban J connectivity index is 4.57. The lowest BCUT2D eigenvalue weighted by atomic mass is 10.1. The first kappa shape index (κ1) is 44.8. The molecule has 2 atom stereocenters. The van der Waals surface area contributed by atoms with Gasteiger partial charge in [0.05, 0.1) is 40.3 Å². The molecular formula is C40H65NO7. The number of aliphatic carboxylic acids is 1. The highest BCUT2D eigenvalue weighted by atomic mass is 16.6. The molecule has 2 unspecified atom stereocenters. The molecule has 0 fully saturated rings. The normalized spacial score (nSPS) is 13.9. The molecule has 8 nitrogen and oxygen atoms in total. The van der Waals surface area contributed by atoms with Crippen molar-refractivity contribution in [3.63, 3.8) is 0 Å². The minimum absolute atomic E-state index is 0.00922. The van der Waals surface area contributed by atoms with E-state index >= 15 is 0 Å². The molecule has 0 radical (unpaired) electrons. The molecule has 8 heteroatoms. The Morgan fingerprint density at radius 3 is 1.90 bits per heavy atom. The average Bonchev–Trinajstić information content (AvgIpc) is 3.03. The Morgan fingerprint density at radius 1 is 0.646 bits per heavy atom. The van der Waals surface area contributed by atoms with Crippen LogP contribution in [0.15, 0.2) is 72.9 Å². The highest BCUT2D eigenvalue weighted by molar-refractivity contribution is 5.70. The molecule has 0 aromatic carbocycles. The first-order chi connectivity index (χ1) is 23.1. The van der Waals surface area contributed by atoms with Gasteiger partial charge in [-0.25, -0.2) is 0 Å². The van der Waals surface area contributed by atoms with Crippen molar-refractivity contribution in [3.05, 3.63) is 72.9 Å². The monoisotopic (exact) mass is 671 g/mol. The van der Waals surface area contributed by atoms with Crippen LogP contribution in [0.2, 0.25) is 0 Å². The summed E-state index contributed by atoms with van der Waals surface area (Å²) in [5.41, 5.74) is 0. The number of hydrogen-bond acceptors (Lipinski definition) is 7. The van der Waals surface area contributed by atoms with Gasteiger partial charge >= 0.3 is 11.9 Å². The molecule has 48 heavy (non-hydrogen) atoms. The van der Waals surface area contributed by atoms with Crippen LogP contribution in [0.1, 0.15) is 110 Å². The molecule has 0 saturated carbocycles. The van der Waals surface area contributed by atoms with Crippen molar-refractivity contribution in [2.24, 2.45) is 0 Å². The molecule has 0 aliphatic heterocycles. The topological polar surface area (TPSA) is 102 Å². The second kappa shape index (κ2) is 31.1. The van der Waals surface area contributed by atoms with Crippen LogP contribution in [0, 0.1) is 0 Å². The van der Waals surface area contributed by atoms with Gasteiger partial charge in [-0.15, -0.1) is 0 Å². The lowest BCUT2D eigenvalue weighted by Crippen LogP contribution is -2.55. The lowest BCUT2D eigenvalue weighted by Gasteiger charge is -2.34. The maximum atomic E-state index is 12.6. The van der Waals surface area contributed by atoms with Crippen LogP contribution in [0.3, 0.4) is 0 Å². The van der Waals surface area contributed by atoms with Crippen molar-refractivity contribution in [1.82, 2.24) is 0 Å². The third kappa shape index (κ3) is 29.0. The third-order valence-corrected chi connectivity index (χ3v) is 7.40. The zero-order chi connectivity index (χ0) is 35.7. The predicted octanol–water partition coefficient (Wildman–Crippen LogP) is 7.51. The van der Waals surface area contributed by atoms with Crippen LogP contribution < -0.4 is 5.11 Å². The summed E-state index contributed by atoms with van der Waals surface area (Å²) in [4.78, 5) is 36.5. The number of allylic oxidation sites excluding steroid dienone is 12. The average molecular weight is 672 g/mol. The van der Waals surface area contributed by atoms with Gasteiger partial charge in [-0.1, -0.05) is 106 Å². The van der Waals surface area contributed by atoms with E-state index in [1.807, 2.05) is 12.2 Å². The summed E-state index contributed by atoms with van der Waals surface area (Å²) in [6.45, 7) is 4.28. The van der Waals surface area contributed by atoms with Gasteiger partial charge in [-0.2, -0.15) is 0 Å². The lowest BCUT2D eigenvalue weighted by molar-refractivity contribution is -0.889. The maximum absolute atomic E-state index is 12.6. The van der Waals surface area contributed by atoms with Crippen molar-refractivity contribution in [1.29, 1.82) is 0 Å². The Labute approximate surface area is 291 Å². The van der Waals surface area contributed by atoms with Crippen LogP contribution in [0.5, 0.6) is 0 Å². The summed E-state index contributed by atoms with van der Waals surface area (Å²) in [6.07, 6.45) is 36.6. The van der Waals surface area contributed by atoms with Crippen molar-refractivity contribution in [2.45, 2.75) is 122 Å². The smallest absolute Gasteiger partial charge is 0.306 e. The molecule has 0 rings (SSSR count). The van der Waals surface area contributed by atoms with E-state index in [-0.39, 0.29) is 49.1 Å². The summed E-state index contributed by atoms with van der Waals surface area (Å²) in [5.74, 6) is -1.85. The molecule has 0 N–H and O–H groups in total. The fourth-order valence-electron chi connectivity index (χ4n) is 4.62. The first-order valence-electron chi connectivity index (χ1n) is 18.0. The largest absolute Gasteiger partial charge is 0.544 e. The molecular weight excluding hydrogens is 606 g/mol. The maximum Gasteiger partial charge on any atom is 0.306 e. The molecule has 0 heterocycles. The third-order valence-electron chi connectivity index (χ3n) is 7.40. The Hall–Kier alpha value is -3.23. The van der Waals surface area contributed by atoms with E-state index in [9.17, 15) is 19.5 Å². The van der Waals surface area contributed by atoms with Crippen LogP contribution in [-0.4, -0.2) is 75.5 Å². The minimum Gasteiger partial charge on any atom is -0.544 e. The van der Waals surface area contributed by atoms with E-state index in [0.29, 0.717) is 12.8 Å². The number of carbonyl (C=O) groups is 3. The molecule has 0 aromatic rings. The van der Waals surface area contributed by atoms with Gasteiger partial charge in [0.1, 0.15) is 12.6 Å². The molecule has 272 valence electrons. The van der Waals surface area contributed by atoms with Crippen LogP contribution in [0.4, 0.5) is 0 Å². The Morgan fingerprint density at radius 2 is 1.23 bits per heavy atom. The summed E-state index contributed by atoms with van der Waals surface area (Å²) in [6, 6.07) is -0.739. The number of carboxylic acid groups (broad SMARTS) is 1. The van der Waals surface area contributed by atoms with Gasteiger partial charge in [0.15, 0.2) is 6.10 Å². The quantitative estimate of drug-likeness (QED) is 0.0256. The number of hydrogen-bond donors (Lipinski definition) is 0. The highest BCUT2D eigenvalue weighted by Gasteiger charge is 2.25. The summed E-state index contributed by atoms with van der Waals surface area (Å²) >= 11 is 0. The van der Waals surface area contributed by atoms with Crippen LogP contribution in [-0.2, 0) is 28.6 Å². The van der Waals surface area contributed by atoms with E-state index in [2.05, 4.69) is 74.6 Å². The molecule has 0 amide bonds. The first-order valence-corrected chi connectivity index (χ1v) is 18.0. The van der Waals surface area contributed by atoms with Crippen molar-refractivity contribution in [3.8, 4) is 0 Å². The Kier molecular flexibility index (Phi) is 29.0. The fraction of sp³-hybridized carbons (Fsp3) is 0.625. The zero-order valence-corrected chi connectivity index (χ0v) is 30.6. The summed E-state index contributed by atoms with van der Waals surface area (Å²) < 4.78 is 17.0. The molecule has 0 saturated heterocycles. The van der Waals surface area contributed by atoms with Gasteiger partial charge in [0.25, 0.3) is 0 Å². The summed E-state index contributed by atoms with van der Waals surface area (Å²) in [5, 5.41) is 11.6. The van der Waals surface area contributed by atoms with E-state index in [1.54, 1.807) is 21.1 Å². The van der Waals surface area contributed by atoms with E-state index in [1.165, 1.54) is 0 Å². The molecule has 0 aliphatic rings. The predicted molar refractivity (Wildman–Crippen MR) is 194 cm³/mol. The number of esters is 2. The van der Waals surface area contributed by atoms with Crippen molar-refractivity contribution >= 4 is 17.9 Å². The molecule has 0 aromatic heterocycles. The summed E-state index contributed by atoms with van der Waals surface area (Å²) in [7, 11) is 5.35. The number of ether oxygens (including phenoxy) is 3. The highest BCUT2D eigenvalue weighted by Crippen LogP contribution is 2.11. The second-order valence-corrected chi connectivity index (χ2v) is 12.8. The van der Waals surface area contributed by atoms with Crippen molar-refractivity contribution in [2.75, 3.05) is 41.0 Å². The standard InChI is InChI=1S/C40H65NO7/c1-6-8-10-12-14-16-18-19-21-22-24-26-28-30-38(42)47-35-36(34-46-33-32-37(40(44)45)41(3,4)5)48-39(43)31-29-27-25-23-20-17-15-13-11-9-7-2/h8-12,14-18,23,25,36-37H,6-7,13,19-22,24,26-35H2,1-5H3/b10-8+,11-9+,14-12+,17-15+,18-16+,25-23+. The SMILES string of the molecule is CC/C=C/C=C/C=C/CCCCCCCC(=O)OCC(COCCC(C(=O)[O-])[N+](C)(C)C)OC(=O)CCC/C=C/C/C=C/C/C=C/CC. The molecule has 0 spiro atoms. The van der Waals surface area contributed by atoms with Crippen LogP contribution >= 0.6 is 0 Å². The molecule has 0 aliphatic carbocycles. The number of likely N-dealkylation sites (N-methyl/N-ethyl adjacent to an activating group) is 1.